The summed E-state index contributed by atoms with van der Waals surface area (Å²) in [6.45, 7) is 2.38. The van der Waals surface area contributed by atoms with Crippen LogP contribution in [-0.2, 0) is 16.1 Å². The van der Waals surface area contributed by atoms with Gasteiger partial charge in [-0.1, -0.05) is 13.3 Å². The Morgan fingerprint density at radius 1 is 1.39 bits per heavy atom. The van der Waals surface area contributed by atoms with Crippen LogP contribution in [0.25, 0.3) is 0 Å². The largest absolute Gasteiger partial charge is 0.482 e. The lowest BCUT2D eigenvalue weighted by Crippen LogP contribution is -2.15. The first-order valence-corrected chi connectivity index (χ1v) is 5.93. The highest BCUT2D eigenvalue weighted by atomic mass is 19.1. The van der Waals surface area contributed by atoms with Crippen molar-refractivity contribution in [3.05, 3.63) is 29.6 Å². The molecule has 0 radical (unpaired) electrons. The van der Waals surface area contributed by atoms with Crippen LogP contribution in [0.5, 0.6) is 5.75 Å². The van der Waals surface area contributed by atoms with Crippen LogP contribution in [0, 0.1) is 5.82 Å². The Morgan fingerprint density at radius 3 is 2.83 bits per heavy atom. The van der Waals surface area contributed by atoms with E-state index in [0.29, 0.717) is 12.2 Å². The van der Waals surface area contributed by atoms with Gasteiger partial charge >= 0.3 is 5.97 Å². The molecule has 0 aromatic heterocycles. The van der Waals surface area contributed by atoms with Crippen LogP contribution in [0.3, 0.4) is 0 Å². The fourth-order valence-electron chi connectivity index (χ4n) is 1.34. The van der Waals surface area contributed by atoms with E-state index in [0.717, 1.165) is 12.8 Å². The van der Waals surface area contributed by atoms with E-state index in [4.69, 9.17) is 15.2 Å². The van der Waals surface area contributed by atoms with E-state index in [1.54, 1.807) is 6.07 Å². The molecular weight excluding hydrogens is 237 g/mol. The summed E-state index contributed by atoms with van der Waals surface area (Å²) in [6, 6.07) is 4.13. The zero-order chi connectivity index (χ0) is 13.4. The lowest BCUT2D eigenvalue weighted by atomic mass is 10.2. The van der Waals surface area contributed by atoms with Gasteiger partial charge in [-0.05, 0) is 24.1 Å². The van der Waals surface area contributed by atoms with E-state index in [9.17, 15) is 9.18 Å². The van der Waals surface area contributed by atoms with Crippen LogP contribution in [-0.4, -0.2) is 19.2 Å². The minimum atomic E-state index is -0.456. The molecule has 0 saturated heterocycles. The zero-order valence-electron chi connectivity index (χ0n) is 10.4. The first kappa shape index (κ1) is 14.4. The number of benzene rings is 1. The summed E-state index contributed by atoms with van der Waals surface area (Å²) in [5.41, 5.74) is 6.03. The van der Waals surface area contributed by atoms with Gasteiger partial charge in [-0.25, -0.2) is 9.18 Å². The maximum atomic E-state index is 13.1. The lowest BCUT2D eigenvalue weighted by molar-refractivity contribution is -0.146. The molecule has 0 heterocycles. The van der Waals surface area contributed by atoms with Crippen molar-refractivity contribution in [1.29, 1.82) is 0 Å². The molecule has 0 spiro atoms. The molecule has 0 amide bonds. The van der Waals surface area contributed by atoms with Gasteiger partial charge in [-0.3, -0.25) is 0 Å². The maximum absolute atomic E-state index is 13.1. The van der Waals surface area contributed by atoms with Gasteiger partial charge in [-0.2, -0.15) is 0 Å². The van der Waals surface area contributed by atoms with E-state index in [2.05, 4.69) is 0 Å². The highest BCUT2D eigenvalue weighted by Gasteiger charge is 2.06. The van der Waals surface area contributed by atoms with Crippen LogP contribution >= 0.6 is 0 Å². The van der Waals surface area contributed by atoms with Gasteiger partial charge < -0.3 is 15.2 Å². The molecule has 1 aromatic rings. The van der Waals surface area contributed by atoms with Crippen LogP contribution in [0.2, 0.25) is 0 Å². The topological polar surface area (TPSA) is 61.5 Å². The molecule has 0 bridgehead atoms. The van der Waals surface area contributed by atoms with Crippen molar-refractivity contribution in [2.75, 3.05) is 13.2 Å². The van der Waals surface area contributed by atoms with E-state index >= 15 is 0 Å². The number of carbonyl (C=O) groups is 1. The van der Waals surface area contributed by atoms with Gasteiger partial charge in [0.25, 0.3) is 0 Å². The van der Waals surface area contributed by atoms with Crippen molar-refractivity contribution in [1.82, 2.24) is 0 Å². The van der Waals surface area contributed by atoms with Crippen molar-refractivity contribution < 1.29 is 18.7 Å². The van der Waals surface area contributed by atoms with Crippen molar-refractivity contribution in [3.63, 3.8) is 0 Å². The fraction of sp³-hybridized carbons (Fsp3) is 0.462. The average Bonchev–Trinajstić information content (AvgIpc) is 2.36. The van der Waals surface area contributed by atoms with Gasteiger partial charge in [0, 0.05) is 12.6 Å². The first-order valence-electron chi connectivity index (χ1n) is 5.93. The molecule has 0 fully saturated rings. The number of carbonyl (C=O) groups excluding carboxylic acids is 1. The third-order valence-electron chi connectivity index (χ3n) is 2.28. The average molecular weight is 255 g/mol. The molecule has 0 aliphatic carbocycles. The summed E-state index contributed by atoms with van der Waals surface area (Å²) < 4.78 is 23.2. The highest BCUT2D eigenvalue weighted by molar-refractivity contribution is 5.71. The summed E-state index contributed by atoms with van der Waals surface area (Å²) in [7, 11) is 0. The van der Waals surface area contributed by atoms with Crippen LogP contribution in [0.15, 0.2) is 18.2 Å². The van der Waals surface area contributed by atoms with E-state index in [-0.39, 0.29) is 18.9 Å². The molecular formula is C13H18FNO3. The molecule has 100 valence electrons. The van der Waals surface area contributed by atoms with E-state index in [1.165, 1.54) is 12.1 Å². The number of nitrogens with two attached hydrogens (primary N) is 1. The minimum Gasteiger partial charge on any atom is -0.482 e. The predicted molar refractivity (Wildman–Crippen MR) is 65.7 cm³/mol. The van der Waals surface area contributed by atoms with E-state index < -0.39 is 11.8 Å². The number of ether oxygens (including phenoxy) is 2. The molecule has 18 heavy (non-hydrogen) atoms. The van der Waals surface area contributed by atoms with Gasteiger partial charge in [0.15, 0.2) is 6.61 Å². The van der Waals surface area contributed by atoms with Gasteiger partial charge in [0.05, 0.1) is 6.61 Å². The summed E-state index contributed by atoms with van der Waals surface area (Å²) in [5.74, 6) is -0.614. The van der Waals surface area contributed by atoms with Gasteiger partial charge in [0.2, 0.25) is 0 Å². The van der Waals surface area contributed by atoms with Gasteiger partial charge in [0.1, 0.15) is 11.6 Å². The number of unbranched alkanes of at least 4 members (excludes halogenated alkanes) is 1. The second-order valence-electron chi connectivity index (χ2n) is 3.86. The Labute approximate surface area is 106 Å². The quantitative estimate of drug-likeness (QED) is 0.598. The first-order chi connectivity index (χ1) is 8.65. The zero-order valence-corrected chi connectivity index (χ0v) is 10.4. The number of hydrogen-bond donors (Lipinski definition) is 1. The second kappa shape index (κ2) is 7.66. The fourth-order valence-corrected chi connectivity index (χ4v) is 1.34. The molecule has 0 aliphatic rings. The number of rotatable bonds is 7. The standard InChI is InChI=1S/C13H18FNO3/c1-2-3-4-17-13(16)9-18-12-6-10(8-15)5-11(14)7-12/h5-7H,2-4,8-9,15H2,1H3. The summed E-state index contributed by atoms with van der Waals surface area (Å²) in [5, 5.41) is 0. The van der Waals surface area contributed by atoms with Gasteiger partial charge in [-0.15, -0.1) is 0 Å². The number of halogens is 1. The Bertz CT molecular complexity index is 396. The summed E-state index contributed by atoms with van der Waals surface area (Å²) in [6.07, 6.45) is 1.78. The molecule has 0 aliphatic heterocycles. The normalized spacial score (nSPS) is 10.2. The molecule has 1 rings (SSSR count). The summed E-state index contributed by atoms with van der Waals surface area (Å²) >= 11 is 0. The molecule has 1 aromatic carbocycles. The molecule has 0 saturated carbocycles. The molecule has 0 unspecified atom stereocenters. The van der Waals surface area contributed by atoms with E-state index in [1.807, 2.05) is 6.92 Å². The highest BCUT2D eigenvalue weighted by Crippen LogP contribution is 2.16. The number of esters is 1. The SMILES string of the molecule is CCCCOC(=O)COc1cc(F)cc(CN)c1. The number of hydrogen-bond acceptors (Lipinski definition) is 4. The monoisotopic (exact) mass is 255 g/mol. The van der Waals surface area contributed by atoms with Crippen molar-refractivity contribution in [3.8, 4) is 5.75 Å². The summed E-state index contributed by atoms with van der Waals surface area (Å²) in [4.78, 5) is 11.3. The molecule has 0 atom stereocenters. The Kier molecular flexibility index (Phi) is 6.14. The molecule has 2 N–H and O–H groups in total. The van der Waals surface area contributed by atoms with Crippen molar-refractivity contribution in [2.24, 2.45) is 5.73 Å². The predicted octanol–water partition coefficient (Wildman–Crippen LogP) is 2.01. The Balaban J connectivity index is 2.43. The minimum absolute atomic E-state index is 0.217. The van der Waals surface area contributed by atoms with Crippen LogP contribution < -0.4 is 10.5 Å². The second-order valence-corrected chi connectivity index (χ2v) is 3.86. The third-order valence-corrected chi connectivity index (χ3v) is 2.28. The van der Waals surface area contributed by atoms with Crippen LogP contribution in [0.1, 0.15) is 25.3 Å². The molecule has 5 heteroatoms. The van der Waals surface area contributed by atoms with Crippen molar-refractivity contribution in [2.45, 2.75) is 26.3 Å². The Hall–Kier alpha value is -1.62. The maximum Gasteiger partial charge on any atom is 0.344 e. The van der Waals surface area contributed by atoms with Crippen molar-refractivity contribution >= 4 is 5.97 Å². The third kappa shape index (κ3) is 5.14. The smallest absolute Gasteiger partial charge is 0.344 e. The Morgan fingerprint density at radius 2 is 2.17 bits per heavy atom. The van der Waals surface area contributed by atoms with Crippen LogP contribution in [0.4, 0.5) is 4.39 Å². The lowest BCUT2D eigenvalue weighted by Gasteiger charge is -2.08. The molecule has 4 nitrogen and oxygen atoms in total.